The number of amides is 2. The van der Waals surface area contributed by atoms with E-state index >= 15 is 0 Å². The van der Waals surface area contributed by atoms with Crippen molar-refractivity contribution in [2.45, 2.75) is 25.8 Å². The minimum Gasteiger partial charge on any atom is -0.404 e. The van der Waals surface area contributed by atoms with Crippen LogP contribution in [0.15, 0.2) is 53.2 Å². The van der Waals surface area contributed by atoms with Gasteiger partial charge in [-0.05, 0) is 41.8 Å². The van der Waals surface area contributed by atoms with Crippen molar-refractivity contribution in [2.75, 3.05) is 18.9 Å². The Labute approximate surface area is 196 Å². The summed E-state index contributed by atoms with van der Waals surface area (Å²) in [5, 5.41) is 11.8. The van der Waals surface area contributed by atoms with Crippen LogP contribution in [-0.2, 0) is 4.79 Å². The quantitative estimate of drug-likeness (QED) is 0.635. The summed E-state index contributed by atoms with van der Waals surface area (Å²) in [6, 6.07) is 8.27. The molecule has 3 rings (SSSR count). The number of nitrogens with zero attached hydrogens (tertiary/aromatic N) is 3. The standard InChI is InChI=1S/C25H25F2N5O2/c1-14(2)13-32-23(16(11-29)12-30-3)22(19-6-4-17(26)9-20(19)25(32)34)24(33)31-18-5-7-21(27)15(8-18)10-28/h4-9,11-12,14,22-23H,13,29H2,1-3H3,(H,31,33)/t22-,23+/m1/s1. The zero-order valence-electron chi connectivity index (χ0n) is 19.0. The van der Waals surface area contributed by atoms with Crippen molar-refractivity contribution in [3.8, 4) is 6.07 Å². The molecule has 1 heterocycles. The SMILES string of the molecule is CN=CC(=CN)[C@H]1[C@H](C(=O)Nc2ccc(F)c(C#N)c2)c2ccc(F)cc2C(=O)N1CC(C)C. The molecule has 0 aliphatic carbocycles. The predicted octanol–water partition coefficient (Wildman–Crippen LogP) is 3.58. The molecule has 2 amide bonds. The number of rotatable bonds is 6. The van der Waals surface area contributed by atoms with Crippen LogP contribution in [-0.4, -0.2) is 42.6 Å². The molecule has 176 valence electrons. The van der Waals surface area contributed by atoms with Gasteiger partial charge >= 0.3 is 0 Å². The second-order valence-corrected chi connectivity index (χ2v) is 8.36. The summed E-state index contributed by atoms with van der Waals surface area (Å²) >= 11 is 0. The third-order valence-electron chi connectivity index (χ3n) is 5.50. The summed E-state index contributed by atoms with van der Waals surface area (Å²) in [5.41, 5.74) is 6.71. The van der Waals surface area contributed by atoms with E-state index in [1.165, 1.54) is 41.6 Å². The molecule has 0 saturated heterocycles. The molecule has 0 bridgehead atoms. The van der Waals surface area contributed by atoms with Gasteiger partial charge in [-0.3, -0.25) is 14.6 Å². The van der Waals surface area contributed by atoms with Crippen LogP contribution in [0, 0.1) is 28.9 Å². The molecule has 1 aliphatic heterocycles. The highest BCUT2D eigenvalue weighted by Gasteiger charge is 2.45. The van der Waals surface area contributed by atoms with Crippen molar-refractivity contribution in [3.05, 3.63) is 76.5 Å². The summed E-state index contributed by atoms with van der Waals surface area (Å²) in [4.78, 5) is 32.6. The van der Waals surface area contributed by atoms with Crippen LogP contribution < -0.4 is 11.1 Å². The Kier molecular flexibility index (Phi) is 7.41. The van der Waals surface area contributed by atoms with Gasteiger partial charge in [0.15, 0.2) is 0 Å². The lowest BCUT2D eigenvalue weighted by molar-refractivity contribution is -0.118. The van der Waals surface area contributed by atoms with Crippen LogP contribution in [0.1, 0.15) is 41.3 Å². The van der Waals surface area contributed by atoms with Gasteiger partial charge in [-0.15, -0.1) is 0 Å². The first-order valence-electron chi connectivity index (χ1n) is 10.7. The van der Waals surface area contributed by atoms with Gasteiger partial charge in [0.25, 0.3) is 5.91 Å². The summed E-state index contributed by atoms with van der Waals surface area (Å²) in [7, 11) is 1.54. The third-order valence-corrected chi connectivity index (χ3v) is 5.50. The number of benzene rings is 2. The fourth-order valence-corrected chi connectivity index (χ4v) is 4.14. The van der Waals surface area contributed by atoms with Crippen molar-refractivity contribution in [1.82, 2.24) is 4.90 Å². The van der Waals surface area contributed by atoms with E-state index in [1.54, 1.807) is 13.1 Å². The molecule has 0 spiro atoms. The summed E-state index contributed by atoms with van der Waals surface area (Å²) in [6.07, 6.45) is 2.77. The molecule has 0 unspecified atom stereocenters. The van der Waals surface area contributed by atoms with E-state index in [-0.39, 0.29) is 29.3 Å². The zero-order valence-corrected chi connectivity index (χ0v) is 19.0. The van der Waals surface area contributed by atoms with Gasteiger partial charge < -0.3 is 16.0 Å². The van der Waals surface area contributed by atoms with Crippen LogP contribution in [0.4, 0.5) is 14.5 Å². The lowest BCUT2D eigenvalue weighted by Gasteiger charge is -2.42. The maximum Gasteiger partial charge on any atom is 0.254 e. The average Bonchev–Trinajstić information content (AvgIpc) is 2.80. The Bertz CT molecular complexity index is 1220. The second kappa shape index (κ2) is 10.3. The number of carbonyl (C=O) groups excluding carboxylic acids is 2. The van der Waals surface area contributed by atoms with Gasteiger partial charge in [0, 0.05) is 42.8 Å². The molecule has 2 aromatic carbocycles. The monoisotopic (exact) mass is 465 g/mol. The molecule has 2 atom stereocenters. The first-order valence-corrected chi connectivity index (χ1v) is 10.7. The minimum atomic E-state index is -0.976. The van der Waals surface area contributed by atoms with Gasteiger partial charge in [-0.25, -0.2) is 8.78 Å². The molecule has 3 N–H and O–H groups in total. The maximum absolute atomic E-state index is 14.1. The highest BCUT2D eigenvalue weighted by molar-refractivity contribution is 6.06. The number of hydrogen-bond acceptors (Lipinski definition) is 5. The topological polar surface area (TPSA) is 112 Å². The molecule has 1 aliphatic rings. The van der Waals surface area contributed by atoms with Crippen molar-refractivity contribution < 1.29 is 18.4 Å². The average molecular weight is 466 g/mol. The number of nitriles is 1. The van der Waals surface area contributed by atoms with E-state index in [1.807, 2.05) is 13.8 Å². The van der Waals surface area contributed by atoms with E-state index in [2.05, 4.69) is 10.3 Å². The Balaban J connectivity index is 2.18. The van der Waals surface area contributed by atoms with Crippen molar-refractivity contribution >= 4 is 23.7 Å². The number of carbonyl (C=O) groups is 2. The largest absolute Gasteiger partial charge is 0.404 e. The summed E-state index contributed by atoms with van der Waals surface area (Å²) in [6.45, 7) is 4.12. The number of nitrogens with two attached hydrogens (primary N) is 1. The molecule has 0 aromatic heterocycles. The molecule has 34 heavy (non-hydrogen) atoms. The van der Waals surface area contributed by atoms with Gasteiger partial charge in [0.2, 0.25) is 5.91 Å². The second-order valence-electron chi connectivity index (χ2n) is 8.36. The predicted molar refractivity (Wildman–Crippen MR) is 125 cm³/mol. The number of anilines is 1. The van der Waals surface area contributed by atoms with E-state index in [9.17, 15) is 18.4 Å². The van der Waals surface area contributed by atoms with Crippen molar-refractivity contribution in [1.29, 1.82) is 5.26 Å². The van der Waals surface area contributed by atoms with E-state index < -0.39 is 35.4 Å². The lowest BCUT2D eigenvalue weighted by Crippen LogP contribution is -2.53. The number of aliphatic imine (C=N–C) groups is 1. The van der Waals surface area contributed by atoms with Crippen molar-refractivity contribution in [3.63, 3.8) is 0 Å². The lowest BCUT2D eigenvalue weighted by atomic mass is 9.78. The highest BCUT2D eigenvalue weighted by atomic mass is 19.1. The number of nitrogens with one attached hydrogen (secondary N) is 1. The molecule has 9 heteroatoms. The molecule has 0 radical (unpaired) electrons. The van der Waals surface area contributed by atoms with Gasteiger partial charge in [0.05, 0.1) is 17.5 Å². The Morgan fingerprint density at radius 1 is 1.29 bits per heavy atom. The zero-order chi connectivity index (χ0) is 25.0. The fourth-order valence-electron chi connectivity index (χ4n) is 4.14. The Morgan fingerprint density at radius 2 is 2.03 bits per heavy atom. The molecular weight excluding hydrogens is 440 g/mol. The number of halogens is 2. The van der Waals surface area contributed by atoms with Crippen molar-refractivity contribution in [2.24, 2.45) is 16.6 Å². The number of fused-ring (bicyclic) bond motifs is 1. The fraction of sp³-hybridized carbons (Fsp3) is 0.280. The summed E-state index contributed by atoms with van der Waals surface area (Å²) < 4.78 is 27.9. The van der Waals surface area contributed by atoms with Crippen LogP contribution in [0.2, 0.25) is 0 Å². The van der Waals surface area contributed by atoms with Crippen LogP contribution in [0.3, 0.4) is 0 Å². The van der Waals surface area contributed by atoms with Crippen LogP contribution >= 0.6 is 0 Å². The highest BCUT2D eigenvalue weighted by Crippen LogP contribution is 2.38. The minimum absolute atomic E-state index is 0.0399. The van der Waals surface area contributed by atoms with Gasteiger partial charge in [0.1, 0.15) is 17.7 Å². The molecule has 2 aromatic rings. The Hall–Kier alpha value is -4.06. The molecule has 7 nitrogen and oxygen atoms in total. The molecular formula is C25H25F2N5O2. The Morgan fingerprint density at radius 3 is 2.65 bits per heavy atom. The molecule has 0 fully saturated rings. The van der Waals surface area contributed by atoms with E-state index in [4.69, 9.17) is 11.0 Å². The third kappa shape index (κ3) is 4.81. The van der Waals surface area contributed by atoms with Gasteiger partial charge in [-0.1, -0.05) is 19.9 Å². The van der Waals surface area contributed by atoms with Gasteiger partial charge in [-0.2, -0.15) is 5.26 Å². The normalized spacial score (nSPS) is 18.2. The molecule has 0 saturated carbocycles. The van der Waals surface area contributed by atoms with Crippen LogP contribution in [0.25, 0.3) is 0 Å². The number of hydrogen-bond donors (Lipinski definition) is 2. The van der Waals surface area contributed by atoms with Crippen LogP contribution in [0.5, 0.6) is 0 Å². The first-order chi connectivity index (χ1) is 16.2. The smallest absolute Gasteiger partial charge is 0.254 e. The van der Waals surface area contributed by atoms with E-state index in [0.29, 0.717) is 11.1 Å². The first kappa shape index (κ1) is 24.6. The maximum atomic E-state index is 14.1. The summed E-state index contributed by atoms with van der Waals surface area (Å²) in [5.74, 6) is -3.20. The van der Waals surface area contributed by atoms with E-state index in [0.717, 1.165) is 12.1 Å².